The highest BCUT2D eigenvalue weighted by Gasteiger charge is 2.14. The highest BCUT2D eigenvalue weighted by atomic mass is 79.9. The molecule has 1 N–H and O–H groups in total. The van der Waals surface area contributed by atoms with Gasteiger partial charge in [0, 0.05) is 0 Å². The first-order valence-corrected chi connectivity index (χ1v) is 6.21. The monoisotopic (exact) mass is 335 g/mol. The number of benzene rings is 2. The van der Waals surface area contributed by atoms with Crippen molar-refractivity contribution in [3.05, 3.63) is 57.8 Å². The molecule has 2 aromatic carbocycles. The third-order valence-electron chi connectivity index (χ3n) is 2.45. The Morgan fingerprint density at radius 2 is 1.95 bits per heavy atom. The van der Waals surface area contributed by atoms with Crippen molar-refractivity contribution in [2.75, 3.05) is 0 Å². The summed E-state index contributed by atoms with van der Waals surface area (Å²) in [5, 5.41) is 17.8. The molecule has 2 rings (SSSR count). The van der Waals surface area contributed by atoms with E-state index in [2.05, 4.69) is 15.9 Å². The quantitative estimate of drug-likeness (QED) is 0.921. The molecule has 4 nitrogen and oxygen atoms in total. The standard InChI is InChI=1S/C14H7BrFNO3/c15-11-5-8(7-17)1-3-13(11)20-12-4-2-9(16)6-10(12)14(18)19/h1-6H,(H,18,19). The van der Waals surface area contributed by atoms with E-state index in [1.807, 2.05) is 6.07 Å². The van der Waals surface area contributed by atoms with Gasteiger partial charge < -0.3 is 9.84 Å². The summed E-state index contributed by atoms with van der Waals surface area (Å²) in [6.07, 6.45) is 0. The zero-order chi connectivity index (χ0) is 14.7. The van der Waals surface area contributed by atoms with E-state index in [4.69, 9.17) is 15.1 Å². The Kier molecular flexibility index (Phi) is 4.01. The Morgan fingerprint density at radius 3 is 2.55 bits per heavy atom. The fourth-order valence-electron chi connectivity index (χ4n) is 1.53. The van der Waals surface area contributed by atoms with E-state index >= 15 is 0 Å². The second kappa shape index (κ2) is 5.72. The first-order valence-electron chi connectivity index (χ1n) is 5.41. The van der Waals surface area contributed by atoms with E-state index < -0.39 is 11.8 Å². The number of hydrogen-bond acceptors (Lipinski definition) is 3. The van der Waals surface area contributed by atoms with Crippen LogP contribution in [0.15, 0.2) is 40.9 Å². The molecule has 0 aliphatic heterocycles. The molecule has 0 aliphatic carbocycles. The smallest absolute Gasteiger partial charge is 0.339 e. The molecular weight excluding hydrogens is 329 g/mol. The van der Waals surface area contributed by atoms with Crippen LogP contribution < -0.4 is 4.74 Å². The van der Waals surface area contributed by atoms with Crippen molar-refractivity contribution in [2.45, 2.75) is 0 Å². The molecule has 0 saturated carbocycles. The molecule has 0 heterocycles. The van der Waals surface area contributed by atoms with Gasteiger partial charge in [-0.1, -0.05) is 0 Å². The van der Waals surface area contributed by atoms with Gasteiger partial charge in [-0.3, -0.25) is 0 Å². The van der Waals surface area contributed by atoms with Gasteiger partial charge in [0.2, 0.25) is 0 Å². The Balaban J connectivity index is 2.40. The van der Waals surface area contributed by atoms with Gasteiger partial charge >= 0.3 is 5.97 Å². The number of carboxylic acids is 1. The molecule has 0 bridgehead atoms. The Labute approximate surface area is 122 Å². The van der Waals surface area contributed by atoms with Gasteiger partial charge in [0.1, 0.15) is 22.9 Å². The number of nitrogens with zero attached hydrogens (tertiary/aromatic N) is 1. The summed E-state index contributed by atoms with van der Waals surface area (Å²) in [4.78, 5) is 11.0. The van der Waals surface area contributed by atoms with Crippen molar-refractivity contribution in [3.8, 4) is 17.6 Å². The average molecular weight is 336 g/mol. The molecule has 0 atom stereocenters. The van der Waals surface area contributed by atoms with Crippen molar-refractivity contribution in [1.82, 2.24) is 0 Å². The minimum Gasteiger partial charge on any atom is -0.478 e. The van der Waals surface area contributed by atoms with Crippen LogP contribution in [0.25, 0.3) is 0 Å². The minimum absolute atomic E-state index is 0.0179. The van der Waals surface area contributed by atoms with Crippen LogP contribution in [0.5, 0.6) is 11.5 Å². The van der Waals surface area contributed by atoms with Crippen LogP contribution >= 0.6 is 15.9 Å². The molecule has 0 unspecified atom stereocenters. The molecule has 6 heteroatoms. The van der Waals surface area contributed by atoms with Crippen molar-refractivity contribution >= 4 is 21.9 Å². The molecule has 0 radical (unpaired) electrons. The summed E-state index contributed by atoms with van der Waals surface area (Å²) in [5.74, 6) is -1.60. The number of carbonyl (C=O) groups is 1. The molecule has 0 fully saturated rings. The molecule has 0 aromatic heterocycles. The number of ether oxygens (including phenoxy) is 1. The SMILES string of the molecule is N#Cc1ccc(Oc2ccc(F)cc2C(=O)O)c(Br)c1. The number of carboxylic acid groups (broad SMARTS) is 1. The van der Waals surface area contributed by atoms with Crippen LogP contribution in [-0.2, 0) is 0 Å². The molecule has 0 spiro atoms. The van der Waals surface area contributed by atoms with E-state index in [1.54, 1.807) is 6.07 Å². The Bertz CT molecular complexity index is 725. The van der Waals surface area contributed by atoms with E-state index in [0.29, 0.717) is 15.8 Å². The molecule has 100 valence electrons. The predicted octanol–water partition coefficient (Wildman–Crippen LogP) is 3.95. The maximum atomic E-state index is 13.1. The lowest BCUT2D eigenvalue weighted by Gasteiger charge is -2.10. The number of aromatic carboxylic acids is 1. The Morgan fingerprint density at radius 1 is 1.25 bits per heavy atom. The summed E-state index contributed by atoms with van der Waals surface area (Å²) in [6.45, 7) is 0. The van der Waals surface area contributed by atoms with Gasteiger partial charge in [-0.2, -0.15) is 5.26 Å². The van der Waals surface area contributed by atoms with Gasteiger partial charge in [-0.05, 0) is 52.3 Å². The largest absolute Gasteiger partial charge is 0.478 e. The van der Waals surface area contributed by atoms with Gasteiger partial charge in [-0.15, -0.1) is 0 Å². The first-order chi connectivity index (χ1) is 9.51. The maximum absolute atomic E-state index is 13.1. The molecular formula is C14H7BrFNO3. The number of rotatable bonds is 3. The van der Waals surface area contributed by atoms with Crippen LogP contribution in [0.3, 0.4) is 0 Å². The first kappa shape index (κ1) is 14.0. The topological polar surface area (TPSA) is 70.3 Å². The lowest BCUT2D eigenvalue weighted by Crippen LogP contribution is -2.01. The normalized spacial score (nSPS) is 9.85. The second-order valence-electron chi connectivity index (χ2n) is 3.80. The van der Waals surface area contributed by atoms with Crippen LogP contribution in [-0.4, -0.2) is 11.1 Å². The van der Waals surface area contributed by atoms with Crippen molar-refractivity contribution in [1.29, 1.82) is 5.26 Å². The van der Waals surface area contributed by atoms with Crippen molar-refractivity contribution in [3.63, 3.8) is 0 Å². The number of hydrogen-bond donors (Lipinski definition) is 1. The van der Waals surface area contributed by atoms with Crippen LogP contribution in [0.2, 0.25) is 0 Å². The highest BCUT2D eigenvalue weighted by molar-refractivity contribution is 9.10. The second-order valence-corrected chi connectivity index (χ2v) is 4.66. The minimum atomic E-state index is -1.29. The maximum Gasteiger partial charge on any atom is 0.339 e. The summed E-state index contributed by atoms with van der Waals surface area (Å²) in [5.41, 5.74) is 0.156. The van der Waals surface area contributed by atoms with Crippen LogP contribution in [0, 0.1) is 17.1 Å². The molecule has 0 aliphatic rings. The number of nitriles is 1. The van der Waals surface area contributed by atoms with Gasteiger partial charge in [0.25, 0.3) is 0 Å². The summed E-state index contributed by atoms with van der Waals surface area (Å²) < 4.78 is 19.0. The van der Waals surface area contributed by atoms with E-state index in [-0.39, 0.29) is 11.3 Å². The summed E-state index contributed by atoms with van der Waals surface area (Å²) in [6, 6.07) is 9.80. The molecule has 20 heavy (non-hydrogen) atoms. The fourth-order valence-corrected chi connectivity index (χ4v) is 1.99. The summed E-state index contributed by atoms with van der Waals surface area (Å²) >= 11 is 3.22. The molecule has 0 saturated heterocycles. The van der Waals surface area contributed by atoms with Crippen molar-refractivity contribution < 1.29 is 19.0 Å². The molecule has 0 amide bonds. The van der Waals surface area contributed by atoms with Crippen LogP contribution in [0.1, 0.15) is 15.9 Å². The third kappa shape index (κ3) is 2.95. The third-order valence-corrected chi connectivity index (χ3v) is 3.07. The van der Waals surface area contributed by atoms with E-state index in [0.717, 1.165) is 12.1 Å². The number of halogens is 2. The fraction of sp³-hybridized carbons (Fsp3) is 0. The summed E-state index contributed by atoms with van der Waals surface area (Å²) in [7, 11) is 0. The lowest BCUT2D eigenvalue weighted by atomic mass is 10.2. The van der Waals surface area contributed by atoms with Gasteiger partial charge in [0.15, 0.2) is 0 Å². The zero-order valence-electron chi connectivity index (χ0n) is 9.93. The molecule has 2 aromatic rings. The Hall–Kier alpha value is -2.39. The predicted molar refractivity (Wildman–Crippen MR) is 72.3 cm³/mol. The average Bonchev–Trinajstić information content (AvgIpc) is 2.42. The highest BCUT2D eigenvalue weighted by Crippen LogP contribution is 2.32. The van der Waals surface area contributed by atoms with Gasteiger partial charge in [-0.25, -0.2) is 9.18 Å². The van der Waals surface area contributed by atoms with E-state index in [1.165, 1.54) is 18.2 Å². The van der Waals surface area contributed by atoms with E-state index in [9.17, 15) is 9.18 Å². The van der Waals surface area contributed by atoms with Crippen molar-refractivity contribution in [2.24, 2.45) is 0 Å². The van der Waals surface area contributed by atoms with Crippen LogP contribution in [0.4, 0.5) is 4.39 Å². The zero-order valence-corrected chi connectivity index (χ0v) is 11.5. The van der Waals surface area contributed by atoms with Gasteiger partial charge in [0.05, 0.1) is 16.1 Å². The lowest BCUT2D eigenvalue weighted by molar-refractivity contribution is 0.0693.